The first kappa shape index (κ1) is 31.9. The monoisotopic (exact) mass is 562 g/mol. The molecular formula is C30H50N4O6. The van der Waals surface area contributed by atoms with Crippen LogP contribution in [0.3, 0.4) is 0 Å². The summed E-state index contributed by atoms with van der Waals surface area (Å²) in [5.41, 5.74) is 3.67. The molecule has 226 valence electrons. The van der Waals surface area contributed by atoms with Crippen molar-refractivity contribution in [2.45, 2.75) is 125 Å². The SMILES string of the molecule is CC(C)(C)OC(=O)N[C@H](C(=O)N1C[C@@]2(CC2C(C)(C)C)C[C@H]1C(=O)NC(CC1CCC1)C(=O)C(N)=O)C(C)(C)C. The molecule has 3 rings (SSSR count). The van der Waals surface area contributed by atoms with Crippen LogP contribution in [0.2, 0.25) is 0 Å². The van der Waals surface area contributed by atoms with Crippen LogP contribution in [0.4, 0.5) is 4.79 Å². The number of alkyl carbamates (subject to hydrolysis) is 1. The molecule has 2 unspecified atom stereocenters. The molecule has 1 spiro atoms. The zero-order valence-electron chi connectivity index (χ0n) is 25.8. The molecule has 4 N–H and O–H groups in total. The van der Waals surface area contributed by atoms with Crippen LogP contribution in [0.1, 0.15) is 101 Å². The van der Waals surface area contributed by atoms with Gasteiger partial charge in [0.15, 0.2) is 0 Å². The number of hydrogen-bond acceptors (Lipinski definition) is 6. The molecule has 0 aromatic carbocycles. The van der Waals surface area contributed by atoms with Crippen molar-refractivity contribution in [3.63, 3.8) is 0 Å². The maximum atomic E-state index is 14.2. The van der Waals surface area contributed by atoms with Crippen molar-refractivity contribution in [2.24, 2.45) is 33.8 Å². The number of primary amides is 1. The van der Waals surface area contributed by atoms with Gasteiger partial charge in [0.1, 0.15) is 17.7 Å². The molecule has 0 radical (unpaired) electrons. The number of rotatable bonds is 8. The summed E-state index contributed by atoms with van der Waals surface area (Å²) < 4.78 is 5.44. The summed E-state index contributed by atoms with van der Waals surface area (Å²) >= 11 is 0. The molecular weight excluding hydrogens is 512 g/mol. The summed E-state index contributed by atoms with van der Waals surface area (Å²) in [5.74, 6) is -2.16. The zero-order chi connectivity index (χ0) is 30.4. The van der Waals surface area contributed by atoms with Crippen molar-refractivity contribution in [3.05, 3.63) is 0 Å². The lowest BCUT2D eigenvalue weighted by atomic mass is 9.80. The van der Waals surface area contributed by atoms with E-state index in [1.165, 1.54) is 0 Å². The van der Waals surface area contributed by atoms with Gasteiger partial charge in [0.05, 0.1) is 6.04 Å². The van der Waals surface area contributed by atoms with E-state index in [1.807, 2.05) is 20.8 Å². The maximum absolute atomic E-state index is 14.2. The minimum Gasteiger partial charge on any atom is -0.444 e. The second-order valence-electron chi connectivity index (χ2n) is 15.4. The average Bonchev–Trinajstić information content (AvgIpc) is 3.33. The molecule has 4 amide bonds. The Kier molecular flexibility index (Phi) is 8.74. The van der Waals surface area contributed by atoms with E-state index in [0.717, 1.165) is 25.7 Å². The summed E-state index contributed by atoms with van der Waals surface area (Å²) in [6.07, 6.45) is 3.92. The van der Waals surface area contributed by atoms with Crippen molar-refractivity contribution in [1.29, 1.82) is 0 Å². The highest BCUT2D eigenvalue weighted by atomic mass is 16.6. The van der Waals surface area contributed by atoms with E-state index in [9.17, 15) is 24.0 Å². The number of nitrogens with one attached hydrogen (secondary N) is 2. The normalized spacial score (nSPS) is 26.5. The standard InChI is InChI=1S/C30H50N4O6/c1-27(2,3)20-15-30(20)14-19(24(37)32-18(21(35)23(31)36)13-17-11-10-12-17)34(16-30)25(38)22(28(4,5)6)33-26(39)40-29(7,8)9/h17-20,22H,10-16H2,1-9H3,(H2,31,36)(H,32,37)(H,33,39)/t18?,19-,20?,22+,30-/m0/s1. The number of Topliss-reactive ketones (excluding diaryl/α,β-unsaturated/α-hetero) is 1. The van der Waals surface area contributed by atoms with E-state index in [1.54, 1.807) is 25.7 Å². The van der Waals surface area contributed by atoms with Crippen molar-refractivity contribution in [1.82, 2.24) is 15.5 Å². The Bertz CT molecular complexity index is 1030. The average molecular weight is 563 g/mol. The number of ether oxygens (including phenoxy) is 1. The number of ketones is 1. The quantitative estimate of drug-likeness (QED) is 0.387. The van der Waals surface area contributed by atoms with Gasteiger partial charge in [0.25, 0.3) is 5.91 Å². The van der Waals surface area contributed by atoms with E-state index in [0.29, 0.717) is 25.3 Å². The highest BCUT2D eigenvalue weighted by Crippen LogP contribution is 2.66. The van der Waals surface area contributed by atoms with Gasteiger partial charge in [-0.15, -0.1) is 0 Å². The zero-order valence-corrected chi connectivity index (χ0v) is 25.8. The van der Waals surface area contributed by atoms with Crippen molar-refractivity contribution < 1.29 is 28.7 Å². The summed E-state index contributed by atoms with van der Waals surface area (Å²) in [6.45, 7) is 17.7. The summed E-state index contributed by atoms with van der Waals surface area (Å²) in [7, 11) is 0. The Hall–Kier alpha value is -2.65. The number of carbonyl (C=O) groups is 5. The van der Waals surface area contributed by atoms with Crippen LogP contribution in [0, 0.1) is 28.1 Å². The Morgan fingerprint density at radius 3 is 1.98 bits per heavy atom. The van der Waals surface area contributed by atoms with Crippen LogP contribution < -0.4 is 16.4 Å². The molecule has 5 atom stereocenters. The number of hydrogen-bond donors (Lipinski definition) is 3. The number of nitrogens with zero attached hydrogens (tertiary/aromatic N) is 1. The molecule has 2 saturated carbocycles. The van der Waals surface area contributed by atoms with E-state index >= 15 is 0 Å². The highest BCUT2D eigenvalue weighted by Gasteiger charge is 2.65. The molecule has 2 aliphatic carbocycles. The third-order valence-corrected chi connectivity index (χ3v) is 8.73. The smallest absolute Gasteiger partial charge is 0.408 e. The lowest BCUT2D eigenvalue weighted by Crippen LogP contribution is -2.59. The van der Waals surface area contributed by atoms with Gasteiger partial charge in [-0.2, -0.15) is 0 Å². The van der Waals surface area contributed by atoms with Gasteiger partial charge < -0.3 is 26.0 Å². The fourth-order valence-electron chi connectivity index (χ4n) is 6.42. The van der Waals surface area contributed by atoms with Crippen LogP contribution in [0.15, 0.2) is 0 Å². The van der Waals surface area contributed by atoms with Gasteiger partial charge in [-0.05, 0) is 68.1 Å². The van der Waals surface area contributed by atoms with E-state index in [-0.39, 0.29) is 22.7 Å². The van der Waals surface area contributed by atoms with E-state index in [4.69, 9.17) is 10.5 Å². The molecule has 3 aliphatic rings. The number of nitrogens with two attached hydrogens (primary N) is 1. The Labute approximate surface area is 238 Å². The van der Waals surface area contributed by atoms with Crippen LogP contribution in [-0.4, -0.2) is 64.8 Å². The lowest BCUT2D eigenvalue weighted by Gasteiger charge is -2.36. The van der Waals surface area contributed by atoms with Gasteiger partial charge in [0, 0.05) is 6.54 Å². The van der Waals surface area contributed by atoms with Gasteiger partial charge in [-0.1, -0.05) is 60.8 Å². The van der Waals surface area contributed by atoms with Crippen LogP contribution in [-0.2, 0) is 23.9 Å². The molecule has 3 fully saturated rings. The lowest BCUT2D eigenvalue weighted by molar-refractivity contribution is -0.143. The number of likely N-dealkylation sites (tertiary alicyclic amines) is 1. The minimum atomic E-state index is -1.08. The molecule has 0 aromatic rings. The van der Waals surface area contributed by atoms with Crippen molar-refractivity contribution in [3.8, 4) is 0 Å². The Morgan fingerprint density at radius 2 is 1.55 bits per heavy atom. The summed E-state index contributed by atoms with van der Waals surface area (Å²) in [6, 6.07) is -2.80. The predicted molar refractivity (Wildman–Crippen MR) is 151 cm³/mol. The van der Waals surface area contributed by atoms with Crippen LogP contribution in [0.5, 0.6) is 0 Å². The fourth-order valence-corrected chi connectivity index (χ4v) is 6.42. The van der Waals surface area contributed by atoms with Crippen LogP contribution >= 0.6 is 0 Å². The largest absolute Gasteiger partial charge is 0.444 e. The molecule has 1 saturated heterocycles. The van der Waals surface area contributed by atoms with Crippen LogP contribution in [0.25, 0.3) is 0 Å². The van der Waals surface area contributed by atoms with Crippen molar-refractivity contribution in [2.75, 3.05) is 6.54 Å². The topological polar surface area (TPSA) is 148 Å². The first-order valence-corrected chi connectivity index (χ1v) is 14.6. The molecule has 1 heterocycles. The minimum absolute atomic E-state index is 0.00697. The molecule has 1 aliphatic heterocycles. The molecule has 10 nitrogen and oxygen atoms in total. The third kappa shape index (κ3) is 7.35. The maximum Gasteiger partial charge on any atom is 0.408 e. The van der Waals surface area contributed by atoms with Crippen molar-refractivity contribution >= 4 is 29.6 Å². The van der Waals surface area contributed by atoms with Gasteiger partial charge in [-0.3, -0.25) is 19.2 Å². The van der Waals surface area contributed by atoms with E-state index < -0.39 is 52.8 Å². The number of carbonyl (C=O) groups excluding carboxylic acids is 5. The third-order valence-electron chi connectivity index (χ3n) is 8.73. The molecule has 40 heavy (non-hydrogen) atoms. The molecule has 0 bridgehead atoms. The van der Waals surface area contributed by atoms with Gasteiger partial charge in [-0.25, -0.2) is 4.79 Å². The highest BCUT2D eigenvalue weighted by molar-refractivity contribution is 6.37. The first-order chi connectivity index (χ1) is 18.1. The second-order valence-corrected chi connectivity index (χ2v) is 15.4. The molecule has 10 heteroatoms. The van der Waals surface area contributed by atoms with Gasteiger partial charge >= 0.3 is 6.09 Å². The summed E-state index contributed by atoms with van der Waals surface area (Å²) in [4.78, 5) is 66.7. The first-order valence-electron chi connectivity index (χ1n) is 14.6. The summed E-state index contributed by atoms with van der Waals surface area (Å²) in [5, 5.41) is 5.55. The predicted octanol–water partition coefficient (Wildman–Crippen LogP) is 3.31. The fraction of sp³-hybridized carbons (Fsp3) is 0.833. The van der Waals surface area contributed by atoms with Gasteiger partial charge in [0.2, 0.25) is 17.6 Å². The Morgan fingerprint density at radius 1 is 0.950 bits per heavy atom. The second kappa shape index (κ2) is 11.0. The number of amides is 4. The Balaban J connectivity index is 1.89. The van der Waals surface area contributed by atoms with E-state index in [2.05, 4.69) is 31.4 Å². The molecule has 0 aromatic heterocycles.